The molecule has 2 aromatic rings. The predicted molar refractivity (Wildman–Crippen MR) is 106 cm³/mol. The maximum atomic E-state index is 13.6. The molecule has 5 nitrogen and oxygen atoms in total. The van der Waals surface area contributed by atoms with E-state index in [0.29, 0.717) is 48.7 Å². The van der Waals surface area contributed by atoms with Crippen molar-refractivity contribution >= 4 is 17.5 Å². The number of amidine groups is 1. The van der Waals surface area contributed by atoms with Crippen LogP contribution in [0, 0.1) is 22.6 Å². The standard InChI is InChI=1S/C22H23FN4O/c23-17-5-3-4-16(14-17)20(24)18-6-1-2-7-19(18)21(25)26-10-12-27(13-11-26)22(28)15-8-9-15/h1-7,14-15,24-25H,8-13H2. The van der Waals surface area contributed by atoms with E-state index >= 15 is 0 Å². The van der Waals surface area contributed by atoms with Crippen LogP contribution in [0.2, 0.25) is 0 Å². The molecule has 0 unspecified atom stereocenters. The van der Waals surface area contributed by atoms with Gasteiger partial charge < -0.3 is 9.80 Å². The lowest BCUT2D eigenvalue weighted by atomic mass is 9.96. The zero-order valence-corrected chi connectivity index (χ0v) is 15.6. The highest BCUT2D eigenvalue weighted by molar-refractivity contribution is 6.17. The molecule has 144 valence electrons. The molecule has 0 bridgehead atoms. The first-order chi connectivity index (χ1) is 13.5. The van der Waals surface area contributed by atoms with E-state index < -0.39 is 0 Å². The summed E-state index contributed by atoms with van der Waals surface area (Å²) >= 11 is 0. The Morgan fingerprint density at radius 3 is 2.18 bits per heavy atom. The van der Waals surface area contributed by atoms with E-state index in [9.17, 15) is 9.18 Å². The summed E-state index contributed by atoms with van der Waals surface area (Å²) in [5.74, 6) is 0.430. The molecule has 1 aliphatic heterocycles. The fourth-order valence-corrected chi connectivity index (χ4v) is 3.62. The Kier molecular flexibility index (Phi) is 4.94. The molecular weight excluding hydrogens is 355 g/mol. The second-order valence-corrected chi connectivity index (χ2v) is 7.37. The Balaban J connectivity index is 1.51. The first-order valence-corrected chi connectivity index (χ1v) is 9.61. The molecule has 2 aliphatic rings. The van der Waals surface area contributed by atoms with Crippen molar-refractivity contribution in [3.63, 3.8) is 0 Å². The van der Waals surface area contributed by atoms with E-state index in [4.69, 9.17) is 10.8 Å². The Morgan fingerprint density at radius 2 is 1.54 bits per heavy atom. The van der Waals surface area contributed by atoms with Gasteiger partial charge in [-0.25, -0.2) is 4.39 Å². The van der Waals surface area contributed by atoms with Crippen LogP contribution >= 0.6 is 0 Å². The number of halogens is 1. The van der Waals surface area contributed by atoms with Crippen LogP contribution in [0.3, 0.4) is 0 Å². The largest absolute Gasteiger partial charge is 0.353 e. The molecule has 0 aromatic heterocycles. The topological polar surface area (TPSA) is 71.2 Å². The summed E-state index contributed by atoms with van der Waals surface area (Å²) in [6.45, 7) is 2.47. The number of benzene rings is 2. The molecule has 2 N–H and O–H groups in total. The molecule has 1 aliphatic carbocycles. The molecule has 0 radical (unpaired) electrons. The van der Waals surface area contributed by atoms with E-state index in [1.807, 2.05) is 28.0 Å². The third-order valence-electron chi connectivity index (χ3n) is 5.40. The number of rotatable bonds is 4. The van der Waals surface area contributed by atoms with Gasteiger partial charge in [0, 0.05) is 48.8 Å². The minimum atomic E-state index is -0.383. The average molecular weight is 378 g/mol. The van der Waals surface area contributed by atoms with Gasteiger partial charge in [-0.2, -0.15) is 0 Å². The number of nitrogens with one attached hydrogen (secondary N) is 2. The van der Waals surface area contributed by atoms with Gasteiger partial charge in [-0.15, -0.1) is 0 Å². The lowest BCUT2D eigenvalue weighted by Gasteiger charge is -2.36. The fraction of sp³-hybridized carbons (Fsp3) is 0.318. The highest BCUT2D eigenvalue weighted by Crippen LogP contribution is 2.31. The van der Waals surface area contributed by atoms with Crippen molar-refractivity contribution in [2.75, 3.05) is 26.2 Å². The highest BCUT2D eigenvalue weighted by Gasteiger charge is 2.35. The number of piperazine rings is 1. The van der Waals surface area contributed by atoms with Crippen LogP contribution < -0.4 is 0 Å². The number of amides is 1. The molecule has 1 saturated carbocycles. The van der Waals surface area contributed by atoms with Crippen molar-refractivity contribution in [3.05, 3.63) is 71.0 Å². The zero-order valence-electron chi connectivity index (χ0n) is 15.6. The quantitative estimate of drug-likeness (QED) is 0.634. The van der Waals surface area contributed by atoms with Gasteiger partial charge in [-0.1, -0.05) is 36.4 Å². The van der Waals surface area contributed by atoms with Crippen LogP contribution in [0.15, 0.2) is 48.5 Å². The Labute approximate surface area is 163 Å². The Hall–Kier alpha value is -3.02. The maximum absolute atomic E-state index is 13.6. The zero-order chi connectivity index (χ0) is 19.7. The summed E-state index contributed by atoms with van der Waals surface area (Å²) in [6.07, 6.45) is 2.01. The van der Waals surface area contributed by atoms with Crippen molar-refractivity contribution in [2.45, 2.75) is 12.8 Å². The molecule has 0 spiro atoms. The molecule has 6 heteroatoms. The van der Waals surface area contributed by atoms with Crippen molar-refractivity contribution in [1.29, 1.82) is 10.8 Å². The van der Waals surface area contributed by atoms with Gasteiger partial charge >= 0.3 is 0 Å². The number of hydrogen-bond donors (Lipinski definition) is 2. The van der Waals surface area contributed by atoms with Gasteiger partial charge in [0.05, 0.1) is 5.71 Å². The molecule has 28 heavy (non-hydrogen) atoms. The van der Waals surface area contributed by atoms with Crippen LogP contribution in [0.4, 0.5) is 4.39 Å². The second kappa shape index (κ2) is 7.54. The smallest absolute Gasteiger partial charge is 0.225 e. The van der Waals surface area contributed by atoms with Crippen molar-refractivity contribution in [2.24, 2.45) is 5.92 Å². The van der Waals surface area contributed by atoms with Gasteiger partial charge in [-0.05, 0) is 25.0 Å². The number of hydrogen-bond acceptors (Lipinski definition) is 3. The first-order valence-electron chi connectivity index (χ1n) is 9.61. The van der Waals surface area contributed by atoms with Crippen LogP contribution in [-0.4, -0.2) is 53.4 Å². The third kappa shape index (κ3) is 3.67. The maximum Gasteiger partial charge on any atom is 0.225 e. The summed E-state index contributed by atoms with van der Waals surface area (Å²) in [6, 6.07) is 13.3. The molecule has 1 amide bonds. The van der Waals surface area contributed by atoms with Crippen LogP contribution in [-0.2, 0) is 4.79 Å². The highest BCUT2D eigenvalue weighted by atomic mass is 19.1. The summed E-state index contributed by atoms with van der Waals surface area (Å²) in [5.41, 5.74) is 1.94. The molecule has 2 aromatic carbocycles. The minimum Gasteiger partial charge on any atom is -0.353 e. The Bertz CT molecular complexity index is 930. The summed E-state index contributed by atoms with van der Waals surface area (Å²) in [4.78, 5) is 16.1. The van der Waals surface area contributed by atoms with E-state index in [-0.39, 0.29) is 23.4 Å². The first kappa shape index (κ1) is 18.3. The van der Waals surface area contributed by atoms with E-state index in [1.54, 1.807) is 18.2 Å². The summed E-state index contributed by atoms with van der Waals surface area (Å²) in [5, 5.41) is 17.2. The number of nitrogens with zero attached hydrogens (tertiary/aromatic N) is 2. The van der Waals surface area contributed by atoms with E-state index in [2.05, 4.69) is 0 Å². The molecule has 4 rings (SSSR count). The summed E-state index contributed by atoms with van der Waals surface area (Å²) < 4.78 is 13.6. The number of carbonyl (C=O) groups is 1. The van der Waals surface area contributed by atoms with Crippen molar-refractivity contribution < 1.29 is 9.18 Å². The minimum absolute atomic E-state index is 0.197. The molecule has 1 saturated heterocycles. The monoisotopic (exact) mass is 378 g/mol. The van der Waals surface area contributed by atoms with Gasteiger partial charge in [0.15, 0.2) is 0 Å². The predicted octanol–water partition coefficient (Wildman–Crippen LogP) is 3.12. The molecule has 2 fully saturated rings. The number of carbonyl (C=O) groups excluding carboxylic acids is 1. The van der Waals surface area contributed by atoms with Crippen LogP contribution in [0.5, 0.6) is 0 Å². The van der Waals surface area contributed by atoms with Gasteiger partial charge in [0.25, 0.3) is 0 Å². The Morgan fingerprint density at radius 1 is 0.893 bits per heavy atom. The normalized spacial score (nSPS) is 16.8. The van der Waals surface area contributed by atoms with Crippen molar-refractivity contribution in [1.82, 2.24) is 9.80 Å². The van der Waals surface area contributed by atoms with E-state index in [0.717, 1.165) is 12.8 Å². The SMILES string of the molecule is N=C(c1cccc(F)c1)c1ccccc1C(=N)N1CCN(C(=O)C2CC2)CC1. The molecule has 0 atom stereocenters. The lowest BCUT2D eigenvalue weighted by Crippen LogP contribution is -2.51. The van der Waals surface area contributed by atoms with Crippen molar-refractivity contribution in [3.8, 4) is 0 Å². The summed E-state index contributed by atoms with van der Waals surface area (Å²) in [7, 11) is 0. The van der Waals surface area contributed by atoms with Gasteiger partial charge in [0.2, 0.25) is 5.91 Å². The van der Waals surface area contributed by atoms with Crippen LogP contribution in [0.1, 0.15) is 29.5 Å². The van der Waals surface area contributed by atoms with Crippen LogP contribution in [0.25, 0.3) is 0 Å². The van der Waals surface area contributed by atoms with Gasteiger partial charge in [-0.3, -0.25) is 15.6 Å². The average Bonchev–Trinajstić information content (AvgIpc) is 3.58. The van der Waals surface area contributed by atoms with E-state index in [1.165, 1.54) is 12.1 Å². The third-order valence-corrected chi connectivity index (χ3v) is 5.40. The van der Waals surface area contributed by atoms with Gasteiger partial charge in [0.1, 0.15) is 11.7 Å². The fourth-order valence-electron chi connectivity index (χ4n) is 3.62. The second-order valence-electron chi connectivity index (χ2n) is 7.37. The lowest BCUT2D eigenvalue weighted by molar-refractivity contribution is -0.133. The molecular formula is C22H23FN4O. The molecule has 1 heterocycles.